The average molecular weight is 193 g/mol. The van der Waals surface area contributed by atoms with Gasteiger partial charge in [-0.25, -0.2) is 0 Å². The van der Waals surface area contributed by atoms with Crippen molar-refractivity contribution >= 4 is 5.91 Å². The van der Waals surface area contributed by atoms with Gasteiger partial charge in [-0.1, -0.05) is 0 Å². The van der Waals surface area contributed by atoms with Gasteiger partial charge in [0.25, 0.3) is 0 Å². The fourth-order valence-corrected chi connectivity index (χ4v) is 1.74. The fraction of sp³-hybridized carbons (Fsp3) is 0.800. The highest BCUT2D eigenvalue weighted by Gasteiger charge is 2.45. The van der Waals surface area contributed by atoms with Crippen molar-refractivity contribution in [2.24, 2.45) is 11.7 Å². The molecule has 2 unspecified atom stereocenters. The predicted molar refractivity (Wildman–Crippen MR) is 51.0 cm³/mol. The molecule has 0 saturated heterocycles. The zero-order valence-electron chi connectivity index (χ0n) is 8.15. The second-order valence-electron chi connectivity index (χ2n) is 4.18. The molecule has 4 heteroatoms. The van der Waals surface area contributed by atoms with Crippen molar-refractivity contribution in [1.82, 2.24) is 4.90 Å². The van der Waals surface area contributed by atoms with E-state index < -0.39 is 0 Å². The number of carbonyl (C=O) groups is 1. The lowest BCUT2D eigenvalue weighted by molar-refractivity contribution is -0.133. The van der Waals surface area contributed by atoms with Crippen molar-refractivity contribution in [2.45, 2.75) is 37.8 Å². The third-order valence-corrected chi connectivity index (χ3v) is 2.89. The van der Waals surface area contributed by atoms with Crippen LogP contribution in [0.4, 0.5) is 0 Å². The number of nitrogens with zero attached hydrogens (tertiary/aromatic N) is 2. The molecule has 0 aromatic heterocycles. The van der Waals surface area contributed by atoms with E-state index in [-0.39, 0.29) is 17.9 Å². The molecule has 2 N–H and O–H groups in total. The minimum absolute atomic E-state index is 0.0503. The molecular weight excluding hydrogens is 178 g/mol. The molecule has 2 aliphatic carbocycles. The first-order chi connectivity index (χ1) is 6.74. The van der Waals surface area contributed by atoms with Crippen LogP contribution in [-0.2, 0) is 4.79 Å². The van der Waals surface area contributed by atoms with Crippen molar-refractivity contribution in [2.75, 3.05) is 6.54 Å². The average Bonchev–Trinajstić information content (AvgIpc) is 3.01. The lowest BCUT2D eigenvalue weighted by Crippen LogP contribution is -2.36. The number of hydrogen-bond acceptors (Lipinski definition) is 3. The van der Waals surface area contributed by atoms with Crippen LogP contribution in [0.3, 0.4) is 0 Å². The second kappa shape index (κ2) is 3.58. The van der Waals surface area contributed by atoms with Crippen LogP contribution >= 0.6 is 0 Å². The van der Waals surface area contributed by atoms with Crippen LogP contribution in [0.15, 0.2) is 0 Å². The highest BCUT2D eigenvalue weighted by molar-refractivity contribution is 5.83. The number of nitrogens with two attached hydrogens (primary N) is 1. The minimum Gasteiger partial charge on any atom is -0.338 e. The van der Waals surface area contributed by atoms with Gasteiger partial charge < -0.3 is 10.6 Å². The van der Waals surface area contributed by atoms with Gasteiger partial charge in [-0.05, 0) is 19.3 Å². The van der Waals surface area contributed by atoms with Crippen molar-refractivity contribution in [3.8, 4) is 6.07 Å². The monoisotopic (exact) mass is 193 g/mol. The lowest BCUT2D eigenvalue weighted by atomic mass is 10.3. The summed E-state index contributed by atoms with van der Waals surface area (Å²) in [5.41, 5.74) is 5.64. The predicted octanol–water partition coefficient (Wildman–Crippen LogP) is 0.238. The number of carbonyl (C=O) groups excluding carboxylic acids is 1. The molecule has 0 bridgehead atoms. The molecule has 0 aromatic rings. The normalized spacial score (nSPS) is 29.4. The summed E-state index contributed by atoms with van der Waals surface area (Å²) in [6.45, 7) is 0.587. The van der Waals surface area contributed by atoms with Gasteiger partial charge in [0.1, 0.15) is 0 Å². The Balaban J connectivity index is 1.89. The van der Waals surface area contributed by atoms with Gasteiger partial charge in [0.2, 0.25) is 5.91 Å². The largest absolute Gasteiger partial charge is 0.338 e. The molecule has 4 nitrogen and oxygen atoms in total. The molecule has 76 valence electrons. The maximum atomic E-state index is 11.8. The molecule has 2 saturated carbocycles. The van der Waals surface area contributed by atoms with Crippen LogP contribution in [0, 0.1) is 17.2 Å². The summed E-state index contributed by atoms with van der Waals surface area (Å²) in [5.74, 6) is 0.226. The topological polar surface area (TPSA) is 70.1 Å². The SMILES string of the molecule is N#CCCN(C(=O)C1CC1N)C1CC1. The molecule has 1 amide bonds. The van der Waals surface area contributed by atoms with E-state index in [9.17, 15) is 4.79 Å². The lowest BCUT2D eigenvalue weighted by Gasteiger charge is -2.21. The first kappa shape index (κ1) is 9.47. The van der Waals surface area contributed by atoms with Gasteiger partial charge in [0.05, 0.1) is 18.4 Å². The summed E-state index contributed by atoms with van der Waals surface area (Å²) < 4.78 is 0. The maximum Gasteiger partial charge on any atom is 0.227 e. The first-order valence-electron chi connectivity index (χ1n) is 5.17. The van der Waals surface area contributed by atoms with Gasteiger partial charge in [-0.15, -0.1) is 0 Å². The number of nitriles is 1. The third-order valence-electron chi connectivity index (χ3n) is 2.89. The first-order valence-corrected chi connectivity index (χ1v) is 5.17. The van der Waals surface area contributed by atoms with E-state index in [1.165, 1.54) is 0 Å². The van der Waals surface area contributed by atoms with Gasteiger partial charge in [-0.2, -0.15) is 5.26 Å². The van der Waals surface area contributed by atoms with E-state index in [2.05, 4.69) is 6.07 Å². The van der Waals surface area contributed by atoms with Gasteiger partial charge >= 0.3 is 0 Å². The van der Waals surface area contributed by atoms with E-state index in [1.807, 2.05) is 4.90 Å². The standard InChI is InChI=1S/C10H15N3O/c11-4-1-5-13(7-2-3-7)10(14)8-6-9(8)12/h7-9H,1-3,5-6,12H2. The van der Waals surface area contributed by atoms with Crippen molar-refractivity contribution in [3.05, 3.63) is 0 Å². The van der Waals surface area contributed by atoms with Crippen LogP contribution in [0.1, 0.15) is 25.7 Å². The molecule has 0 spiro atoms. The number of hydrogen-bond donors (Lipinski definition) is 1. The van der Waals surface area contributed by atoms with E-state index >= 15 is 0 Å². The smallest absolute Gasteiger partial charge is 0.227 e. The van der Waals surface area contributed by atoms with Gasteiger partial charge in [0, 0.05) is 18.6 Å². The van der Waals surface area contributed by atoms with Crippen LogP contribution in [0.2, 0.25) is 0 Å². The summed E-state index contributed by atoms with van der Waals surface area (Å²) in [6, 6.07) is 2.56. The van der Waals surface area contributed by atoms with Crippen LogP contribution in [-0.4, -0.2) is 29.4 Å². The molecule has 14 heavy (non-hydrogen) atoms. The second-order valence-corrected chi connectivity index (χ2v) is 4.18. The van der Waals surface area contributed by atoms with Gasteiger partial charge in [0.15, 0.2) is 0 Å². The summed E-state index contributed by atoms with van der Waals surface area (Å²) in [6.07, 6.45) is 3.46. The molecule has 2 aliphatic rings. The zero-order valence-corrected chi connectivity index (χ0v) is 8.15. The van der Waals surface area contributed by atoms with Gasteiger partial charge in [-0.3, -0.25) is 4.79 Å². The third kappa shape index (κ3) is 1.88. The van der Waals surface area contributed by atoms with E-state index in [1.54, 1.807) is 0 Å². The maximum absolute atomic E-state index is 11.8. The Morgan fingerprint density at radius 2 is 2.21 bits per heavy atom. The molecule has 0 radical (unpaired) electrons. The summed E-state index contributed by atoms with van der Waals surface area (Å²) >= 11 is 0. The molecule has 0 aliphatic heterocycles. The molecule has 2 atom stereocenters. The molecule has 2 rings (SSSR count). The minimum atomic E-state index is 0.0503. The molecular formula is C10H15N3O. The summed E-state index contributed by atoms with van der Waals surface area (Å²) in [4.78, 5) is 13.7. The van der Waals surface area contributed by atoms with Crippen LogP contribution < -0.4 is 5.73 Å². The summed E-state index contributed by atoms with van der Waals surface area (Å²) in [5, 5.41) is 8.49. The van der Waals surface area contributed by atoms with Crippen molar-refractivity contribution in [3.63, 3.8) is 0 Å². The van der Waals surface area contributed by atoms with Crippen LogP contribution in [0.5, 0.6) is 0 Å². The van der Waals surface area contributed by atoms with Crippen molar-refractivity contribution in [1.29, 1.82) is 5.26 Å². The Morgan fingerprint density at radius 3 is 2.64 bits per heavy atom. The Bertz CT molecular complexity index is 280. The Morgan fingerprint density at radius 1 is 1.57 bits per heavy atom. The zero-order chi connectivity index (χ0) is 10.1. The Hall–Kier alpha value is -1.08. The molecule has 2 fully saturated rings. The van der Waals surface area contributed by atoms with Crippen LogP contribution in [0.25, 0.3) is 0 Å². The molecule has 0 heterocycles. The highest BCUT2D eigenvalue weighted by atomic mass is 16.2. The number of rotatable bonds is 4. The van der Waals surface area contributed by atoms with E-state index in [4.69, 9.17) is 11.0 Å². The van der Waals surface area contributed by atoms with Crippen molar-refractivity contribution < 1.29 is 4.79 Å². The summed E-state index contributed by atoms with van der Waals surface area (Å²) in [7, 11) is 0. The fourth-order valence-electron chi connectivity index (χ4n) is 1.74. The Kier molecular flexibility index (Phi) is 2.42. The van der Waals surface area contributed by atoms with E-state index in [0.717, 1.165) is 19.3 Å². The quantitative estimate of drug-likeness (QED) is 0.695. The highest BCUT2D eigenvalue weighted by Crippen LogP contribution is 2.35. The number of amides is 1. The molecule has 0 aromatic carbocycles. The van der Waals surface area contributed by atoms with E-state index in [0.29, 0.717) is 19.0 Å². The Labute approximate surface area is 83.7 Å².